The maximum absolute atomic E-state index is 13.6. The van der Waals surface area contributed by atoms with Crippen molar-refractivity contribution in [1.29, 1.82) is 0 Å². The molecule has 0 spiro atoms. The maximum atomic E-state index is 13.6. The van der Waals surface area contributed by atoms with Crippen molar-refractivity contribution in [1.82, 2.24) is 29.2 Å². The van der Waals surface area contributed by atoms with Gasteiger partial charge < -0.3 is 52.9 Å². The van der Waals surface area contributed by atoms with E-state index in [1.54, 1.807) is 63.3 Å². The van der Waals surface area contributed by atoms with E-state index in [9.17, 15) is 28.8 Å². The Morgan fingerprint density at radius 2 is 1.66 bits per heavy atom. The van der Waals surface area contributed by atoms with Gasteiger partial charge in [-0.15, -0.1) is 0 Å². The number of amides is 3. The number of likely N-dealkylation sites (N-methyl/N-ethyl adjacent to an activating group) is 3. The largest absolute Gasteiger partial charge is 0.467 e. The summed E-state index contributed by atoms with van der Waals surface area (Å²) in [6, 6.07) is 6.33. The molecule has 2 fully saturated rings. The fourth-order valence-electron chi connectivity index (χ4n) is 7.60. The molecule has 0 bridgehead atoms. The van der Waals surface area contributed by atoms with E-state index < -0.39 is 54.5 Å². The predicted molar refractivity (Wildman–Crippen MR) is 221 cm³/mol. The lowest BCUT2D eigenvalue weighted by Gasteiger charge is -2.42. The monoisotopic (exact) mass is 862 g/mol. The first-order chi connectivity index (χ1) is 29.4. The summed E-state index contributed by atoms with van der Waals surface area (Å²) in [6.07, 6.45) is -1.67. The Morgan fingerprint density at radius 3 is 2.32 bits per heavy atom. The molecule has 3 amide bonds. The highest BCUT2D eigenvalue weighted by atomic mass is 16.7. The van der Waals surface area contributed by atoms with E-state index in [0.717, 1.165) is 6.42 Å². The van der Waals surface area contributed by atoms with Crippen molar-refractivity contribution in [3.05, 3.63) is 59.3 Å². The Labute approximate surface area is 359 Å². The number of ether oxygens (including phenoxy) is 6. The van der Waals surface area contributed by atoms with Gasteiger partial charge in [-0.2, -0.15) is 0 Å². The van der Waals surface area contributed by atoms with Crippen LogP contribution in [0.4, 0.5) is 15.4 Å². The summed E-state index contributed by atoms with van der Waals surface area (Å²) in [5.41, 5.74) is 1.62. The number of piperidine rings is 1. The van der Waals surface area contributed by atoms with Crippen LogP contribution in [-0.4, -0.2) is 157 Å². The van der Waals surface area contributed by atoms with Crippen molar-refractivity contribution < 1.29 is 57.2 Å². The minimum atomic E-state index is -1.35. The van der Waals surface area contributed by atoms with Crippen molar-refractivity contribution in [2.75, 3.05) is 65.9 Å². The molecule has 2 aliphatic rings. The molecular formula is C42H54N8O12. The molecule has 0 N–H and O–H groups in total. The van der Waals surface area contributed by atoms with Gasteiger partial charge in [-0.05, 0) is 48.6 Å². The number of hydrogen-bond acceptors (Lipinski definition) is 15. The van der Waals surface area contributed by atoms with E-state index in [2.05, 4.69) is 21.7 Å². The first kappa shape index (κ1) is 46.6. The van der Waals surface area contributed by atoms with Crippen LogP contribution >= 0.6 is 0 Å². The van der Waals surface area contributed by atoms with E-state index in [1.165, 1.54) is 41.7 Å². The topological polar surface area (TPSA) is 206 Å². The number of benzene rings is 1. The number of hydrogen-bond donors (Lipinski definition) is 0. The zero-order chi connectivity index (χ0) is 45.4. The Morgan fingerprint density at radius 1 is 0.968 bits per heavy atom. The average Bonchev–Trinajstić information content (AvgIpc) is 3.68. The summed E-state index contributed by atoms with van der Waals surface area (Å²) < 4.78 is 34.9. The molecular weight excluding hydrogens is 809 g/mol. The quantitative estimate of drug-likeness (QED) is 0.137. The molecule has 1 aromatic carbocycles. The van der Waals surface area contributed by atoms with Gasteiger partial charge in [0.25, 0.3) is 6.54 Å². The molecule has 2 aliphatic heterocycles. The molecule has 2 saturated heterocycles. The first-order valence-corrected chi connectivity index (χ1v) is 20.1. The number of aryl methyl sites for hydroxylation is 1. The molecule has 3 aromatic rings. The number of anilines is 1. The summed E-state index contributed by atoms with van der Waals surface area (Å²) in [7, 11) is 6.27. The number of nitrogens with zero attached hydrogens (tertiary/aromatic N) is 8. The van der Waals surface area contributed by atoms with Crippen LogP contribution in [0.2, 0.25) is 0 Å². The van der Waals surface area contributed by atoms with Gasteiger partial charge in [0.05, 0.1) is 18.5 Å². The lowest BCUT2D eigenvalue weighted by Crippen LogP contribution is -2.60. The number of rotatable bonds is 13. The third-order valence-electron chi connectivity index (χ3n) is 11.1. The van der Waals surface area contributed by atoms with Gasteiger partial charge >= 0.3 is 35.9 Å². The average molecular weight is 863 g/mol. The van der Waals surface area contributed by atoms with Gasteiger partial charge in [0.2, 0.25) is 12.4 Å². The smallest absolute Gasteiger partial charge is 0.409 e. The number of carbonyl (C=O) groups is 6. The van der Waals surface area contributed by atoms with Crippen LogP contribution in [0, 0.1) is 25.3 Å². The second kappa shape index (κ2) is 20.4. The van der Waals surface area contributed by atoms with E-state index >= 15 is 0 Å². The number of carbonyl (C=O) groups excluding carboxylic acids is 6. The third kappa shape index (κ3) is 10.7. The minimum absolute atomic E-state index is 0.0624. The van der Waals surface area contributed by atoms with Gasteiger partial charge in [-0.3, -0.25) is 19.0 Å². The molecule has 0 unspecified atom stereocenters. The standard InChI is InChI=1S/C42H54N8O12/c1-24-13-15-49(33(53)20-43-6)21-31(24)48(9)37-30-14-16-50(38(30)45-23-44-37)41(55)46(7)17-18-47(8)42(56)58-22-29-11-12-32(25(2)19-29)61-40-36(60-28(5)52)34(59-27(4)51)26(3)35(62-40)39(54)57-10/h11-12,14,16,19,23-24,26,31,34-36,40H,13,15,17-18,20-22H2,1-5,7-10H3/t24-,26+,31+,34+,35+,36-,40-/m1/s1. The van der Waals surface area contributed by atoms with Crippen molar-refractivity contribution in [3.63, 3.8) is 0 Å². The molecule has 20 heteroatoms. The number of esters is 3. The molecule has 7 atom stereocenters. The fraction of sp³-hybridized carbons (Fsp3) is 0.548. The Balaban J connectivity index is 1.17. The normalized spacial score (nSPS) is 22.1. The number of methoxy groups -OCH3 is 1. The second-order valence-corrected chi connectivity index (χ2v) is 15.6. The Bertz CT molecular complexity index is 2190. The zero-order valence-electron chi connectivity index (χ0n) is 36.4. The lowest BCUT2D eigenvalue weighted by molar-refractivity contribution is -0.266. The number of likely N-dealkylation sites (tertiary alicyclic amines) is 1. The van der Waals surface area contributed by atoms with Crippen LogP contribution in [0.1, 0.15) is 45.2 Å². The SMILES string of the molecule is [C-]#[N+]CC(=O)N1CC[C@@H](C)[C@@H](N(C)c2ncnc3c2ccn3C(=O)N(C)CCN(C)C(=O)OCc2ccc(O[C@@H]3O[C@H](C(=O)OC)[C@@H](C)[C@H](OC(C)=O)[C@H]3OC(C)=O)c(C)c2)C1. The van der Waals surface area contributed by atoms with Gasteiger partial charge in [0.1, 0.15) is 24.5 Å². The van der Waals surface area contributed by atoms with Crippen LogP contribution in [0.15, 0.2) is 36.8 Å². The van der Waals surface area contributed by atoms with Crippen LogP contribution in [0.5, 0.6) is 5.75 Å². The van der Waals surface area contributed by atoms with E-state index in [0.29, 0.717) is 46.8 Å². The molecule has 4 heterocycles. The zero-order valence-corrected chi connectivity index (χ0v) is 36.4. The van der Waals surface area contributed by atoms with Gasteiger partial charge in [0, 0.05) is 73.3 Å². The molecule has 334 valence electrons. The molecule has 0 aliphatic carbocycles. The third-order valence-corrected chi connectivity index (χ3v) is 11.1. The van der Waals surface area contributed by atoms with Crippen LogP contribution in [-0.2, 0) is 49.5 Å². The van der Waals surface area contributed by atoms with Gasteiger partial charge in [-0.25, -0.2) is 30.9 Å². The van der Waals surface area contributed by atoms with Gasteiger partial charge in [0.15, 0.2) is 17.9 Å². The molecule has 2 aromatic heterocycles. The van der Waals surface area contributed by atoms with Crippen LogP contribution in [0.3, 0.4) is 0 Å². The van der Waals surface area contributed by atoms with E-state index in [-0.39, 0.29) is 50.1 Å². The van der Waals surface area contributed by atoms with E-state index in [1.807, 2.05) is 11.9 Å². The molecule has 5 rings (SSSR count). The van der Waals surface area contributed by atoms with Crippen LogP contribution < -0.4 is 9.64 Å². The minimum Gasteiger partial charge on any atom is -0.467 e. The first-order valence-electron chi connectivity index (χ1n) is 20.1. The van der Waals surface area contributed by atoms with Crippen molar-refractivity contribution in [3.8, 4) is 5.75 Å². The lowest BCUT2D eigenvalue weighted by atomic mass is 9.90. The molecule has 0 radical (unpaired) electrons. The van der Waals surface area contributed by atoms with Crippen molar-refractivity contribution in [2.24, 2.45) is 11.8 Å². The highest BCUT2D eigenvalue weighted by Crippen LogP contribution is 2.34. The van der Waals surface area contributed by atoms with Crippen LogP contribution in [0.25, 0.3) is 15.9 Å². The number of aromatic nitrogens is 3. The summed E-state index contributed by atoms with van der Waals surface area (Å²) in [4.78, 5) is 94.6. The van der Waals surface area contributed by atoms with E-state index in [4.69, 9.17) is 35.0 Å². The molecule has 20 nitrogen and oxygen atoms in total. The second-order valence-electron chi connectivity index (χ2n) is 15.6. The Hall–Kier alpha value is -6.49. The molecule has 62 heavy (non-hydrogen) atoms. The number of fused-ring (bicyclic) bond motifs is 1. The van der Waals surface area contributed by atoms with Gasteiger partial charge in [-0.1, -0.05) is 19.9 Å². The highest BCUT2D eigenvalue weighted by molar-refractivity contribution is 5.95. The summed E-state index contributed by atoms with van der Waals surface area (Å²) in [5, 5.41) is 0.660. The summed E-state index contributed by atoms with van der Waals surface area (Å²) in [6.45, 7) is 16.0. The van der Waals surface area contributed by atoms with Crippen molar-refractivity contribution in [2.45, 2.75) is 78.3 Å². The summed E-state index contributed by atoms with van der Waals surface area (Å²) >= 11 is 0. The predicted octanol–water partition coefficient (Wildman–Crippen LogP) is 3.28. The Kier molecular flexibility index (Phi) is 15.3. The van der Waals surface area contributed by atoms with Crippen molar-refractivity contribution >= 4 is 52.8 Å². The molecule has 0 saturated carbocycles. The summed E-state index contributed by atoms with van der Waals surface area (Å²) in [5.74, 6) is -1.84. The fourth-order valence-corrected chi connectivity index (χ4v) is 7.60. The maximum Gasteiger partial charge on any atom is 0.409 e. The highest BCUT2D eigenvalue weighted by Gasteiger charge is 2.52.